The summed E-state index contributed by atoms with van der Waals surface area (Å²) in [5.74, 6) is -4.39. The van der Waals surface area contributed by atoms with Gasteiger partial charge in [0.1, 0.15) is 17.1 Å². The highest BCUT2D eigenvalue weighted by Gasteiger charge is 2.55. The fourth-order valence-electron chi connectivity index (χ4n) is 4.10. The standard InChI is InChI=1S/C20H20N6O9S3/c27-12(28)7-6-11(37-20-22-24-25-23-20)10-8-36-18-13(17(30)26(18)14(10)19(31)32)21-16(29)15(38(33,34)35)9-4-2-1-3-5-9/h1-5,11,13,15,18H,6-8H2,(H,21,29)(H,27,28)(H,31,32)(H,33,34,35)(H,22,23,24,25)/t11?,13?,15?,18-/m0/s1. The van der Waals surface area contributed by atoms with Crippen molar-refractivity contribution in [2.45, 2.75) is 39.9 Å². The van der Waals surface area contributed by atoms with Gasteiger partial charge in [0.2, 0.25) is 11.1 Å². The Balaban J connectivity index is 1.59. The van der Waals surface area contributed by atoms with Gasteiger partial charge >= 0.3 is 11.9 Å². The lowest BCUT2D eigenvalue weighted by atomic mass is 9.99. The number of carboxylic acid groups (broad SMARTS) is 2. The molecule has 1 aromatic carbocycles. The molecule has 5 N–H and O–H groups in total. The SMILES string of the molecule is O=C(O)CCC(Sc1nnn[nH]1)C1=C(C(=O)O)N2C(=O)C(NC(=O)C(c3ccccc3)S(=O)(=O)O)[C@@H]2SC1. The minimum atomic E-state index is -4.89. The summed E-state index contributed by atoms with van der Waals surface area (Å²) < 4.78 is 33.6. The number of nitrogens with zero attached hydrogens (tertiary/aromatic N) is 4. The molecule has 1 saturated heterocycles. The van der Waals surface area contributed by atoms with E-state index in [1.165, 1.54) is 24.3 Å². The minimum Gasteiger partial charge on any atom is -0.481 e. The molecule has 2 aliphatic rings. The Morgan fingerprint density at radius 3 is 2.53 bits per heavy atom. The fourth-order valence-corrected chi connectivity index (χ4v) is 7.49. The normalized spacial score (nSPS) is 20.8. The first kappa shape index (κ1) is 27.6. The average molecular weight is 585 g/mol. The predicted molar refractivity (Wildman–Crippen MR) is 131 cm³/mol. The lowest BCUT2D eigenvalue weighted by molar-refractivity contribution is -0.150. The minimum absolute atomic E-state index is 0.0129. The highest BCUT2D eigenvalue weighted by molar-refractivity contribution is 8.01. The molecule has 0 spiro atoms. The third-order valence-electron chi connectivity index (χ3n) is 5.73. The Morgan fingerprint density at radius 2 is 1.95 bits per heavy atom. The summed E-state index contributed by atoms with van der Waals surface area (Å²) in [6, 6.07) is 5.96. The number of thioether (sulfide) groups is 2. The number of carbonyl (C=O) groups is 4. The maximum absolute atomic E-state index is 13.1. The first-order chi connectivity index (χ1) is 18.0. The number of hydrogen-bond donors (Lipinski definition) is 5. The number of H-pyrrole nitrogens is 1. The van der Waals surface area contributed by atoms with Crippen LogP contribution in [0.4, 0.5) is 0 Å². The highest BCUT2D eigenvalue weighted by atomic mass is 32.2. The van der Waals surface area contributed by atoms with E-state index in [0.29, 0.717) is 0 Å². The molecule has 0 saturated carbocycles. The third-order valence-corrected chi connectivity index (χ3v) is 9.31. The number of hydrogen-bond acceptors (Lipinski definition) is 11. The van der Waals surface area contributed by atoms with Crippen molar-refractivity contribution >= 4 is 57.4 Å². The van der Waals surface area contributed by atoms with Crippen molar-refractivity contribution in [2.24, 2.45) is 0 Å². The van der Waals surface area contributed by atoms with Crippen LogP contribution in [0.1, 0.15) is 23.7 Å². The van der Waals surface area contributed by atoms with Crippen molar-refractivity contribution in [3.8, 4) is 0 Å². The van der Waals surface area contributed by atoms with E-state index in [0.717, 1.165) is 28.4 Å². The summed E-state index contributed by atoms with van der Waals surface area (Å²) in [7, 11) is -4.89. The Kier molecular flexibility index (Phi) is 8.05. The largest absolute Gasteiger partial charge is 0.481 e. The van der Waals surface area contributed by atoms with E-state index in [9.17, 15) is 37.3 Å². The number of carboxylic acids is 2. The van der Waals surface area contributed by atoms with E-state index in [-0.39, 0.29) is 40.6 Å². The predicted octanol–water partition coefficient (Wildman–Crippen LogP) is -0.107. The van der Waals surface area contributed by atoms with E-state index in [2.05, 4.69) is 25.9 Å². The van der Waals surface area contributed by atoms with E-state index in [1.54, 1.807) is 6.07 Å². The molecule has 2 aliphatic heterocycles. The second-order valence-electron chi connectivity index (χ2n) is 8.13. The molecule has 3 unspecified atom stereocenters. The Morgan fingerprint density at radius 1 is 1.24 bits per heavy atom. The molecule has 38 heavy (non-hydrogen) atoms. The number of aromatic amines is 1. The lowest BCUT2D eigenvalue weighted by Crippen LogP contribution is -2.71. The van der Waals surface area contributed by atoms with Gasteiger partial charge in [-0.25, -0.2) is 9.89 Å². The maximum atomic E-state index is 13.1. The van der Waals surface area contributed by atoms with Gasteiger partial charge in [0.05, 0.1) is 0 Å². The molecule has 1 fully saturated rings. The third kappa shape index (κ3) is 5.66. The number of nitrogens with one attached hydrogen (secondary N) is 2. The van der Waals surface area contributed by atoms with Gasteiger partial charge in [-0.15, -0.1) is 16.9 Å². The van der Waals surface area contributed by atoms with Gasteiger partial charge in [0.15, 0.2) is 5.25 Å². The number of β-lactam (4-membered cyclic amide) rings is 1. The number of amides is 2. The molecule has 2 amide bonds. The van der Waals surface area contributed by atoms with Gasteiger partial charge in [-0.1, -0.05) is 42.1 Å². The second kappa shape index (κ2) is 11.1. The molecule has 18 heteroatoms. The van der Waals surface area contributed by atoms with Crippen LogP contribution < -0.4 is 5.32 Å². The van der Waals surface area contributed by atoms with Crippen molar-refractivity contribution in [3.63, 3.8) is 0 Å². The number of aromatic nitrogens is 4. The summed E-state index contributed by atoms with van der Waals surface area (Å²) in [4.78, 5) is 50.4. The monoisotopic (exact) mass is 584 g/mol. The van der Waals surface area contributed by atoms with Crippen LogP contribution in [0, 0.1) is 0 Å². The van der Waals surface area contributed by atoms with E-state index in [4.69, 9.17) is 5.11 Å². The summed E-state index contributed by atoms with van der Waals surface area (Å²) in [6.07, 6.45) is -0.264. The number of benzene rings is 1. The van der Waals surface area contributed by atoms with Gasteiger partial charge < -0.3 is 15.5 Å². The summed E-state index contributed by atoms with van der Waals surface area (Å²) in [6.45, 7) is 0. The maximum Gasteiger partial charge on any atom is 0.352 e. The lowest BCUT2D eigenvalue weighted by Gasteiger charge is -2.50. The molecular formula is C20H20N6O9S3. The van der Waals surface area contributed by atoms with E-state index >= 15 is 0 Å². The molecule has 202 valence electrons. The molecular weight excluding hydrogens is 564 g/mol. The molecule has 0 aliphatic carbocycles. The number of rotatable bonds is 11. The molecule has 3 heterocycles. The van der Waals surface area contributed by atoms with Crippen LogP contribution in [0.25, 0.3) is 0 Å². The summed E-state index contributed by atoms with van der Waals surface area (Å²) >= 11 is 2.14. The van der Waals surface area contributed by atoms with Crippen LogP contribution >= 0.6 is 23.5 Å². The van der Waals surface area contributed by atoms with Crippen molar-refractivity contribution in [1.82, 2.24) is 30.8 Å². The molecule has 0 bridgehead atoms. The van der Waals surface area contributed by atoms with Crippen molar-refractivity contribution in [3.05, 3.63) is 47.2 Å². The smallest absolute Gasteiger partial charge is 0.352 e. The van der Waals surface area contributed by atoms with Gasteiger partial charge in [-0.3, -0.25) is 23.8 Å². The van der Waals surface area contributed by atoms with Gasteiger partial charge in [0, 0.05) is 17.4 Å². The van der Waals surface area contributed by atoms with Crippen LogP contribution in [0.15, 0.2) is 46.8 Å². The Hall–Kier alpha value is -3.48. The van der Waals surface area contributed by atoms with E-state index < -0.39 is 55.8 Å². The molecule has 0 radical (unpaired) electrons. The second-order valence-corrected chi connectivity index (χ2v) is 11.9. The van der Waals surface area contributed by atoms with Gasteiger partial charge in [-0.05, 0) is 28.0 Å². The van der Waals surface area contributed by atoms with Crippen molar-refractivity contribution in [1.29, 1.82) is 0 Å². The number of carbonyl (C=O) groups excluding carboxylic acids is 2. The van der Waals surface area contributed by atoms with Crippen LogP contribution in [0.5, 0.6) is 0 Å². The first-order valence-corrected chi connectivity index (χ1v) is 14.3. The van der Waals surface area contributed by atoms with Crippen LogP contribution in [-0.2, 0) is 29.3 Å². The number of tetrazole rings is 1. The molecule has 4 atom stereocenters. The van der Waals surface area contributed by atoms with Crippen molar-refractivity contribution < 1.29 is 42.4 Å². The highest BCUT2D eigenvalue weighted by Crippen LogP contribution is 2.44. The molecule has 2 aromatic rings. The van der Waals surface area contributed by atoms with Gasteiger partial charge in [0.25, 0.3) is 16.0 Å². The van der Waals surface area contributed by atoms with Gasteiger partial charge in [-0.2, -0.15) is 8.42 Å². The number of fused-ring (bicyclic) bond motifs is 1. The number of aliphatic carboxylic acids is 2. The van der Waals surface area contributed by atoms with Crippen LogP contribution in [0.3, 0.4) is 0 Å². The summed E-state index contributed by atoms with van der Waals surface area (Å²) in [5, 5.41) is 31.3. The molecule has 4 rings (SSSR count). The fraction of sp³-hybridized carbons (Fsp3) is 0.350. The summed E-state index contributed by atoms with van der Waals surface area (Å²) in [5.41, 5.74) is -0.0883. The Labute approximate surface area is 223 Å². The van der Waals surface area contributed by atoms with Crippen LogP contribution in [0.2, 0.25) is 0 Å². The van der Waals surface area contributed by atoms with Crippen molar-refractivity contribution in [2.75, 3.05) is 5.75 Å². The zero-order valence-electron chi connectivity index (χ0n) is 19.1. The zero-order valence-corrected chi connectivity index (χ0v) is 21.6. The average Bonchev–Trinajstić information content (AvgIpc) is 3.37. The first-order valence-electron chi connectivity index (χ1n) is 10.8. The zero-order chi connectivity index (χ0) is 27.6. The topological polar surface area (TPSA) is 233 Å². The quantitative estimate of drug-likeness (QED) is 0.132. The molecule has 1 aromatic heterocycles. The Bertz CT molecular complexity index is 1380. The van der Waals surface area contributed by atoms with E-state index in [1.807, 2.05) is 0 Å². The molecule has 15 nitrogen and oxygen atoms in total. The van der Waals surface area contributed by atoms with Crippen LogP contribution in [-0.4, -0.2) is 94.9 Å².